The average molecular weight is 359 g/mol. The number of para-hydroxylation sites is 2. The molecule has 2 aromatic rings. The summed E-state index contributed by atoms with van der Waals surface area (Å²) in [5.41, 5.74) is 0.907. The number of thiazole rings is 1. The molecule has 1 fully saturated rings. The van der Waals surface area contributed by atoms with Gasteiger partial charge in [0.2, 0.25) is 0 Å². The zero-order valence-corrected chi connectivity index (χ0v) is 15.6. The number of nitrogens with zero attached hydrogens (tertiary/aromatic N) is 4. The van der Waals surface area contributed by atoms with Crippen molar-refractivity contribution in [2.75, 3.05) is 37.6 Å². The quantitative estimate of drug-likeness (QED) is 0.648. The highest BCUT2D eigenvalue weighted by Crippen LogP contribution is 2.27. The third kappa shape index (κ3) is 4.42. The fraction of sp³-hybridized carbons (Fsp3) is 0.444. The number of aromatic hydroxyl groups is 1. The molecule has 7 heteroatoms. The third-order valence-corrected chi connectivity index (χ3v) is 5.09. The molecule has 3 rings (SSSR count). The second kappa shape index (κ2) is 8.20. The number of aryl methyl sites for hydroxylation is 1. The van der Waals surface area contributed by atoms with Gasteiger partial charge in [0, 0.05) is 43.8 Å². The van der Waals surface area contributed by atoms with E-state index in [0.29, 0.717) is 12.3 Å². The second-order valence-corrected chi connectivity index (χ2v) is 7.30. The molecule has 0 saturated carbocycles. The zero-order chi connectivity index (χ0) is 17.6. The Morgan fingerprint density at radius 3 is 2.68 bits per heavy atom. The van der Waals surface area contributed by atoms with Crippen LogP contribution >= 0.6 is 11.3 Å². The minimum absolute atomic E-state index is 0.345. The lowest BCUT2D eigenvalue weighted by Crippen LogP contribution is -2.52. The molecule has 0 bridgehead atoms. The van der Waals surface area contributed by atoms with Gasteiger partial charge >= 0.3 is 0 Å². The summed E-state index contributed by atoms with van der Waals surface area (Å²) in [6.45, 7) is 9.09. The highest BCUT2D eigenvalue weighted by atomic mass is 32.1. The Bertz CT molecular complexity index is 722. The molecule has 2 N–H and O–H groups in total. The van der Waals surface area contributed by atoms with Crippen LogP contribution in [0.1, 0.15) is 16.8 Å². The first kappa shape index (κ1) is 17.5. The Morgan fingerprint density at radius 1 is 1.28 bits per heavy atom. The monoisotopic (exact) mass is 359 g/mol. The first-order valence-corrected chi connectivity index (χ1v) is 9.46. The average Bonchev–Trinajstić information content (AvgIpc) is 3.05. The first-order chi connectivity index (χ1) is 12.2. The first-order valence-electron chi connectivity index (χ1n) is 8.65. The molecule has 0 radical (unpaired) electrons. The molecule has 1 aliphatic heterocycles. The van der Waals surface area contributed by atoms with Crippen LogP contribution in [0.15, 0.2) is 35.5 Å². The van der Waals surface area contributed by atoms with Crippen molar-refractivity contribution in [1.82, 2.24) is 15.2 Å². The number of phenolic OH excluding ortho intramolecular Hbond substituents is 1. The van der Waals surface area contributed by atoms with Crippen molar-refractivity contribution in [3.05, 3.63) is 40.3 Å². The standard InChI is InChI=1S/C18H25N5OS/c1-3-19-18(21-13-15-12-20-14(2)25-15)23-10-8-22(9-11-23)16-6-4-5-7-17(16)24/h4-7,12,24H,3,8-11,13H2,1-2H3,(H,19,21). The number of rotatable bonds is 4. The molecule has 2 heterocycles. The maximum atomic E-state index is 10.0. The van der Waals surface area contributed by atoms with Crippen LogP contribution < -0.4 is 10.2 Å². The number of piperazine rings is 1. The molecular formula is C18H25N5OS. The SMILES string of the molecule is CCNC(=NCc1cnc(C)s1)N1CCN(c2ccccc2O)CC1. The molecule has 0 amide bonds. The van der Waals surface area contributed by atoms with Gasteiger partial charge in [-0.05, 0) is 26.0 Å². The van der Waals surface area contributed by atoms with Gasteiger partial charge < -0.3 is 20.2 Å². The minimum Gasteiger partial charge on any atom is -0.506 e. The Labute approximate surface area is 152 Å². The maximum Gasteiger partial charge on any atom is 0.194 e. The van der Waals surface area contributed by atoms with E-state index in [1.165, 1.54) is 4.88 Å². The fourth-order valence-electron chi connectivity index (χ4n) is 2.95. The number of hydrogen-bond donors (Lipinski definition) is 2. The Hall–Kier alpha value is -2.28. The molecule has 0 aliphatic carbocycles. The normalized spacial score (nSPS) is 15.5. The number of benzene rings is 1. The van der Waals surface area contributed by atoms with Crippen LogP contribution in [0.4, 0.5) is 5.69 Å². The van der Waals surface area contributed by atoms with Crippen molar-refractivity contribution in [2.45, 2.75) is 20.4 Å². The summed E-state index contributed by atoms with van der Waals surface area (Å²) in [5.74, 6) is 1.29. The molecule has 0 atom stereocenters. The Kier molecular flexibility index (Phi) is 5.75. The molecule has 1 aromatic heterocycles. The van der Waals surface area contributed by atoms with Gasteiger partial charge in [-0.2, -0.15) is 0 Å². The van der Waals surface area contributed by atoms with Crippen LogP contribution in [-0.2, 0) is 6.54 Å². The predicted molar refractivity (Wildman–Crippen MR) is 104 cm³/mol. The third-order valence-electron chi connectivity index (χ3n) is 4.19. The molecule has 1 aliphatic rings. The fourth-order valence-corrected chi connectivity index (χ4v) is 3.67. The highest BCUT2D eigenvalue weighted by Gasteiger charge is 2.21. The minimum atomic E-state index is 0.345. The van der Waals surface area contributed by atoms with Gasteiger partial charge in [0.1, 0.15) is 5.75 Å². The summed E-state index contributed by atoms with van der Waals surface area (Å²) in [7, 11) is 0. The number of aromatic nitrogens is 1. The van der Waals surface area contributed by atoms with E-state index in [1.54, 1.807) is 17.4 Å². The van der Waals surface area contributed by atoms with E-state index >= 15 is 0 Å². The van der Waals surface area contributed by atoms with Crippen molar-refractivity contribution in [3.63, 3.8) is 0 Å². The number of nitrogens with one attached hydrogen (secondary N) is 1. The summed E-state index contributed by atoms with van der Waals surface area (Å²) < 4.78 is 0. The topological polar surface area (TPSA) is 64.0 Å². The number of guanidine groups is 1. The summed E-state index contributed by atoms with van der Waals surface area (Å²) in [5, 5.41) is 14.5. The largest absolute Gasteiger partial charge is 0.506 e. The van der Waals surface area contributed by atoms with Gasteiger partial charge in [0.05, 0.1) is 17.2 Å². The van der Waals surface area contributed by atoms with Crippen LogP contribution in [0.25, 0.3) is 0 Å². The lowest BCUT2D eigenvalue weighted by atomic mass is 10.2. The Morgan fingerprint density at radius 2 is 2.04 bits per heavy atom. The zero-order valence-electron chi connectivity index (χ0n) is 14.8. The molecular weight excluding hydrogens is 334 g/mol. The van der Waals surface area contributed by atoms with Gasteiger partial charge in [-0.1, -0.05) is 12.1 Å². The van der Waals surface area contributed by atoms with Crippen molar-refractivity contribution in [1.29, 1.82) is 0 Å². The number of anilines is 1. The van der Waals surface area contributed by atoms with Gasteiger partial charge in [-0.3, -0.25) is 0 Å². The van der Waals surface area contributed by atoms with Gasteiger partial charge in [0.15, 0.2) is 5.96 Å². The molecule has 134 valence electrons. The van der Waals surface area contributed by atoms with E-state index in [9.17, 15) is 5.11 Å². The molecule has 0 spiro atoms. The summed E-state index contributed by atoms with van der Waals surface area (Å²) in [6.07, 6.45) is 1.91. The Balaban J connectivity index is 1.63. The molecule has 6 nitrogen and oxygen atoms in total. The van der Waals surface area contributed by atoms with E-state index in [1.807, 2.05) is 31.3 Å². The number of hydrogen-bond acceptors (Lipinski definition) is 5. The highest BCUT2D eigenvalue weighted by molar-refractivity contribution is 7.11. The van der Waals surface area contributed by atoms with Crippen molar-refractivity contribution in [3.8, 4) is 5.75 Å². The van der Waals surface area contributed by atoms with Crippen LogP contribution in [0.2, 0.25) is 0 Å². The summed E-state index contributed by atoms with van der Waals surface area (Å²) in [6, 6.07) is 7.52. The molecule has 0 unspecified atom stereocenters. The lowest BCUT2D eigenvalue weighted by Gasteiger charge is -2.37. The summed E-state index contributed by atoms with van der Waals surface area (Å²) in [4.78, 5) is 14.8. The van der Waals surface area contributed by atoms with Crippen molar-refractivity contribution < 1.29 is 5.11 Å². The predicted octanol–water partition coefficient (Wildman–Crippen LogP) is 2.44. The molecule has 1 aromatic carbocycles. The van der Waals surface area contributed by atoms with Crippen LogP contribution in [0.5, 0.6) is 5.75 Å². The van der Waals surface area contributed by atoms with Gasteiger partial charge in [0.25, 0.3) is 0 Å². The van der Waals surface area contributed by atoms with Crippen LogP contribution in [-0.4, -0.2) is 53.7 Å². The summed E-state index contributed by atoms with van der Waals surface area (Å²) >= 11 is 1.69. The van der Waals surface area contributed by atoms with Gasteiger partial charge in [-0.25, -0.2) is 9.98 Å². The van der Waals surface area contributed by atoms with E-state index in [2.05, 4.69) is 27.0 Å². The second-order valence-electron chi connectivity index (χ2n) is 5.98. The van der Waals surface area contributed by atoms with E-state index in [0.717, 1.165) is 49.4 Å². The van der Waals surface area contributed by atoms with E-state index in [4.69, 9.17) is 4.99 Å². The number of aliphatic imine (C=N–C) groups is 1. The van der Waals surface area contributed by atoms with Gasteiger partial charge in [-0.15, -0.1) is 11.3 Å². The van der Waals surface area contributed by atoms with Crippen molar-refractivity contribution >= 4 is 23.0 Å². The molecule has 1 saturated heterocycles. The van der Waals surface area contributed by atoms with Crippen molar-refractivity contribution in [2.24, 2.45) is 4.99 Å². The van der Waals surface area contributed by atoms with E-state index < -0.39 is 0 Å². The van der Waals surface area contributed by atoms with Crippen LogP contribution in [0.3, 0.4) is 0 Å². The lowest BCUT2D eigenvalue weighted by molar-refractivity contribution is 0.370. The van der Waals surface area contributed by atoms with Crippen LogP contribution in [0, 0.1) is 6.92 Å². The smallest absolute Gasteiger partial charge is 0.194 e. The molecule has 25 heavy (non-hydrogen) atoms. The maximum absolute atomic E-state index is 10.0. The number of phenols is 1. The van der Waals surface area contributed by atoms with E-state index in [-0.39, 0.29) is 0 Å².